The first-order valence-electron chi connectivity index (χ1n) is 5.40. The van der Waals surface area contributed by atoms with E-state index in [2.05, 4.69) is 4.72 Å². The lowest BCUT2D eigenvalue weighted by atomic mass is 10.1. The molecule has 0 aromatic heterocycles. The van der Waals surface area contributed by atoms with Crippen LogP contribution in [0.2, 0.25) is 0 Å². The lowest BCUT2D eigenvalue weighted by molar-refractivity contribution is -0.384. The largest absolute Gasteiger partial charge is 0.507 e. The minimum absolute atomic E-state index is 0.0184. The number of phenols is 1. The van der Waals surface area contributed by atoms with Crippen LogP contribution >= 0.6 is 0 Å². The zero-order valence-electron chi connectivity index (χ0n) is 9.94. The zero-order chi connectivity index (χ0) is 14.5. The van der Waals surface area contributed by atoms with Gasteiger partial charge in [-0.25, -0.2) is 13.1 Å². The van der Waals surface area contributed by atoms with E-state index >= 15 is 0 Å². The number of hydrogen-bond donors (Lipinski definition) is 3. The topological polar surface area (TPSA) is 130 Å². The van der Waals surface area contributed by atoms with Gasteiger partial charge in [0.15, 0.2) is 0 Å². The molecular formula is C10H14N2O6S. The highest BCUT2D eigenvalue weighted by Gasteiger charge is 2.14. The van der Waals surface area contributed by atoms with Gasteiger partial charge in [0.05, 0.1) is 23.3 Å². The number of aromatic hydroxyl groups is 1. The molecule has 9 heteroatoms. The van der Waals surface area contributed by atoms with Crippen LogP contribution in [0.15, 0.2) is 18.2 Å². The molecule has 0 bridgehead atoms. The Morgan fingerprint density at radius 2 is 2.05 bits per heavy atom. The highest BCUT2D eigenvalue weighted by Crippen LogP contribution is 2.23. The predicted octanol–water partition coefficient (Wildman–Crippen LogP) is -0.245. The average Bonchev–Trinajstić information content (AvgIpc) is 2.35. The maximum Gasteiger partial charge on any atom is 0.273 e. The highest BCUT2D eigenvalue weighted by atomic mass is 32.2. The number of benzene rings is 1. The fourth-order valence-electron chi connectivity index (χ4n) is 1.39. The Labute approximate surface area is 109 Å². The van der Waals surface area contributed by atoms with Crippen LogP contribution in [0.1, 0.15) is 5.56 Å². The summed E-state index contributed by atoms with van der Waals surface area (Å²) in [6.45, 7) is -0.378. The normalized spacial score (nSPS) is 11.4. The predicted molar refractivity (Wildman–Crippen MR) is 67.3 cm³/mol. The summed E-state index contributed by atoms with van der Waals surface area (Å²) in [6, 6.07) is 3.49. The van der Waals surface area contributed by atoms with Crippen LogP contribution in [0.25, 0.3) is 0 Å². The number of sulfonamides is 1. The molecule has 3 N–H and O–H groups in total. The van der Waals surface area contributed by atoms with Crippen molar-refractivity contribution in [2.75, 3.05) is 18.9 Å². The minimum atomic E-state index is -3.54. The van der Waals surface area contributed by atoms with E-state index < -0.39 is 14.9 Å². The summed E-state index contributed by atoms with van der Waals surface area (Å²) in [7, 11) is -3.54. The molecule has 0 radical (unpaired) electrons. The number of non-ortho nitro benzene ring substituents is 1. The van der Waals surface area contributed by atoms with Crippen LogP contribution in [0.4, 0.5) is 5.69 Å². The summed E-state index contributed by atoms with van der Waals surface area (Å²) >= 11 is 0. The number of nitrogens with one attached hydrogen (secondary N) is 1. The van der Waals surface area contributed by atoms with Crippen molar-refractivity contribution in [3.8, 4) is 5.75 Å². The molecule has 0 aliphatic rings. The van der Waals surface area contributed by atoms with Crippen LogP contribution in [0.5, 0.6) is 5.75 Å². The second-order valence-electron chi connectivity index (χ2n) is 3.76. The standard InChI is InChI=1S/C10H14N2O6S/c13-5-4-11-19(17,18)6-3-8-1-2-9(12(15)16)7-10(8)14/h1-2,7,11,13-14H,3-6H2. The average molecular weight is 290 g/mol. The number of aliphatic hydroxyl groups is 1. The molecule has 0 heterocycles. The summed E-state index contributed by atoms with van der Waals surface area (Å²) in [5, 5.41) is 28.5. The highest BCUT2D eigenvalue weighted by molar-refractivity contribution is 7.89. The monoisotopic (exact) mass is 290 g/mol. The Hall–Kier alpha value is -1.71. The molecule has 0 aliphatic carbocycles. The van der Waals surface area contributed by atoms with Crippen molar-refractivity contribution in [3.63, 3.8) is 0 Å². The number of nitrogens with zero attached hydrogens (tertiary/aromatic N) is 1. The fraction of sp³-hybridized carbons (Fsp3) is 0.400. The Morgan fingerprint density at radius 3 is 2.58 bits per heavy atom. The molecule has 0 saturated heterocycles. The zero-order valence-corrected chi connectivity index (χ0v) is 10.8. The summed E-state index contributed by atoms with van der Waals surface area (Å²) in [5.74, 6) is -0.593. The van der Waals surface area contributed by atoms with E-state index in [-0.39, 0.29) is 36.8 Å². The molecule has 0 atom stereocenters. The summed E-state index contributed by atoms with van der Waals surface area (Å²) in [5.41, 5.74) is 0.0440. The van der Waals surface area contributed by atoms with Crippen molar-refractivity contribution in [1.82, 2.24) is 4.72 Å². The van der Waals surface area contributed by atoms with Crippen LogP contribution in [-0.2, 0) is 16.4 Å². The van der Waals surface area contributed by atoms with E-state index in [1.807, 2.05) is 0 Å². The molecular weight excluding hydrogens is 276 g/mol. The van der Waals surface area contributed by atoms with Crippen LogP contribution in [0, 0.1) is 10.1 Å². The third kappa shape index (κ3) is 4.81. The first-order valence-corrected chi connectivity index (χ1v) is 7.05. The van der Waals surface area contributed by atoms with Gasteiger partial charge < -0.3 is 10.2 Å². The van der Waals surface area contributed by atoms with Crippen LogP contribution in [0.3, 0.4) is 0 Å². The van der Waals surface area contributed by atoms with Crippen molar-refractivity contribution >= 4 is 15.7 Å². The quantitative estimate of drug-likeness (QED) is 0.469. The van der Waals surface area contributed by atoms with E-state index in [9.17, 15) is 23.6 Å². The first-order chi connectivity index (χ1) is 8.85. The molecule has 0 fully saturated rings. The van der Waals surface area contributed by atoms with Crippen molar-refractivity contribution in [3.05, 3.63) is 33.9 Å². The van der Waals surface area contributed by atoms with Crippen molar-refractivity contribution in [2.45, 2.75) is 6.42 Å². The molecule has 0 saturated carbocycles. The molecule has 0 amide bonds. The number of aliphatic hydroxyl groups excluding tert-OH is 1. The smallest absolute Gasteiger partial charge is 0.273 e. The number of aryl methyl sites for hydroxylation is 1. The van der Waals surface area contributed by atoms with E-state index in [0.717, 1.165) is 6.07 Å². The van der Waals surface area contributed by atoms with E-state index in [4.69, 9.17) is 5.11 Å². The van der Waals surface area contributed by atoms with Gasteiger partial charge in [0, 0.05) is 12.6 Å². The van der Waals surface area contributed by atoms with Crippen LogP contribution in [-0.4, -0.2) is 42.5 Å². The summed E-state index contributed by atoms with van der Waals surface area (Å²) in [4.78, 5) is 9.81. The Balaban J connectivity index is 2.71. The summed E-state index contributed by atoms with van der Waals surface area (Å²) in [6.07, 6.45) is 0.0184. The maximum absolute atomic E-state index is 11.4. The molecule has 0 unspecified atom stereocenters. The third-order valence-electron chi connectivity index (χ3n) is 2.35. The molecule has 0 spiro atoms. The Bertz CT molecular complexity index is 557. The number of phenolic OH excluding ortho intramolecular Hbond substituents is 1. The number of nitro benzene ring substituents is 1. The van der Waals surface area contributed by atoms with E-state index in [1.165, 1.54) is 12.1 Å². The lowest BCUT2D eigenvalue weighted by Crippen LogP contribution is -2.29. The van der Waals surface area contributed by atoms with Crippen molar-refractivity contribution < 1.29 is 23.6 Å². The number of nitro groups is 1. The number of rotatable bonds is 7. The van der Waals surface area contributed by atoms with Gasteiger partial charge in [-0.3, -0.25) is 10.1 Å². The van der Waals surface area contributed by atoms with Gasteiger partial charge in [0.2, 0.25) is 10.0 Å². The van der Waals surface area contributed by atoms with Crippen LogP contribution < -0.4 is 4.72 Å². The first kappa shape index (κ1) is 15.3. The Kier molecular flexibility index (Phi) is 5.21. The number of hydrogen-bond acceptors (Lipinski definition) is 6. The fourth-order valence-corrected chi connectivity index (χ4v) is 2.43. The maximum atomic E-state index is 11.4. The molecule has 19 heavy (non-hydrogen) atoms. The Morgan fingerprint density at radius 1 is 1.37 bits per heavy atom. The van der Waals surface area contributed by atoms with Gasteiger partial charge in [-0.1, -0.05) is 0 Å². The second-order valence-corrected chi connectivity index (χ2v) is 5.68. The molecule has 0 aliphatic heterocycles. The summed E-state index contributed by atoms with van der Waals surface area (Å²) < 4.78 is 25.0. The minimum Gasteiger partial charge on any atom is -0.507 e. The van der Waals surface area contributed by atoms with Gasteiger partial charge >= 0.3 is 0 Å². The van der Waals surface area contributed by atoms with E-state index in [1.54, 1.807) is 0 Å². The molecule has 8 nitrogen and oxygen atoms in total. The van der Waals surface area contributed by atoms with Crippen molar-refractivity contribution in [2.24, 2.45) is 0 Å². The molecule has 1 aromatic carbocycles. The van der Waals surface area contributed by atoms with Gasteiger partial charge in [-0.15, -0.1) is 0 Å². The lowest BCUT2D eigenvalue weighted by Gasteiger charge is -2.06. The second kappa shape index (κ2) is 6.45. The third-order valence-corrected chi connectivity index (χ3v) is 3.74. The van der Waals surface area contributed by atoms with Crippen molar-refractivity contribution in [1.29, 1.82) is 0 Å². The van der Waals surface area contributed by atoms with Gasteiger partial charge in [-0.2, -0.15) is 0 Å². The molecule has 1 rings (SSSR count). The molecule has 1 aromatic rings. The van der Waals surface area contributed by atoms with Gasteiger partial charge in [0.1, 0.15) is 5.75 Å². The molecule has 106 valence electrons. The SMILES string of the molecule is O=[N+]([O-])c1ccc(CCS(=O)(=O)NCCO)c(O)c1. The van der Waals surface area contributed by atoms with Gasteiger partial charge in [0.25, 0.3) is 5.69 Å². The van der Waals surface area contributed by atoms with Gasteiger partial charge in [-0.05, 0) is 18.1 Å². The van der Waals surface area contributed by atoms with E-state index in [0.29, 0.717) is 5.56 Å².